The minimum Gasteiger partial charge on any atom is -0.339 e. The first-order valence-corrected chi connectivity index (χ1v) is 7.34. The molecule has 0 atom stereocenters. The van der Waals surface area contributed by atoms with Gasteiger partial charge in [0.2, 0.25) is 0 Å². The number of carbonyl (C=O) groups excluding carboxylic acids is 1. The second-order valence-corrected chi connectivity index (χ2v) is 5.23. The van der Waals surface area contributed by atoms with Crippen molar-refractivity contribution >= 4 is 46.9 Å². The van der Waals surface area contributed by atoms with Gasteiger partial charge in [-0.3, -0.25) is 4.79 Å². The number of aromatic nitrogens is 2. The lowest BCUT2D eigenvalue weighted by atomic mass is 10.2. The summed E-state index contributed by atoms with van der Waals surface area (Å²) in [5.41, 5.74) is 0.789. The number of nitrogens with zero attached hydrogens (tertiary/aromatic N) is 3. The minimum absolute atomic E-state index is 0.234. The lowest BCUT2D eigenvalue weighted by Gasteiger charge is -2.07. The largest absolute Gasteiger partial charge is 0.339 e. The fraction of sp³-hybridized carbons (Fsp3) is 0.0769. The van der Waals surface area contributed by atoms with E-state index in [2.05, 4.69) is 20.3 Å². The van der Waals surface area contributed by atoms with E-state index in [0.29, 0.717) is 21.4 Å². The Balaban J connectivity index is 1.97. The van der Waals surface area contributed by atoms with Crippen molar-refractivity contribution in [2.45, 2.75) is 5.16 Å². The van der Waals surface area contributed by atoms with Crippen LogP contribution in [0.3, 0.4) is 0 Å². The number of hydrogen-bond donors (Lipinski definition) is 1. The van der Waals surface area contributed by atoms with Gasteiger partial charge in [0, 0.05) is 17.0 Å². The highest BCUT2D eigenvalue weighted by Gasteiger charge is 2.07. The molecule has 1 aromatic carbocycles. The molecule has 2 heterocycles. The summed E-state index contributed by atoms with van der Waals surface area (Å²) in [5.74, 6) is 0.300. The Kier molecular flexibility index (Phi) is 3.42. The molecule has 0 fully saturated rings. The average molecular weight is 305 g/mol. The Morgan fingerprint density at radius 3 is 3.00 bits per heavy atom. The van der Waals surface area contributed by atoms with Gasteiger partial charge in [-0.05, 0) is 24.5 Å². The van der Waals surface area contributed by atoms with Gasteiger partial charge in [-0.25, -0.2) is 15.0 Å². The zero-order valence-corrected chi connectivity index (χ0v) is 12.0. The van der Waals surface area contributed by atoms with Crippen LogP contribution >= 0.6 is 23.4 Å². The van der Waals surface area contributed by atoms with Crippen LogP contribution in [0.25, 0.3) is 6.08 Å². The maximum atomic E-state index is 11.2. The molecule has 0 unspecified atom stereocenters. The smallest absolute Gasteiger partial charge is 0.270 e. The maximum absolute atomic E-state index is 11.2. The molecule has 0 spiro atoms. The number of nitrogens with one attached hydrogen (secondary N) is 1. The van der Waals surface area contributed by atoms with Crippen molar-refractivity contribution in [2.24, 2.45) is 4.99 Å². The van der Waals surface area contributed by atoms with Crippen LogP contribution in [0.2, 0.25) is 5.02 Å². The molecule has 7 heteroatoms. The van der Waals surface area contributed by atoms with E-state index in [9.17, 15) is 4.79 Å². The Morgan fingerprint density at radius 2 is 2.20 bits per heavy atom. The highest BCUT2D eigenvalue weighted by Crippen LogP contribution is 2.23. The number of carbonyl (C=O) groups is 1. The highest BCUT2D eigenvalue weighted by atomic mass is 35.5. The first kappa shape index (κ1) is 13.1. The van der Waals surface area contributed by atoms with Gasteiger partial charge in [-0.2, -0.15) is 0 Å². The second kappa shape index (κ2) is 5.22. The topological polar surface area (TPSA) is 67.2 Å². The first-order chi connectivity index (χ1) is 9.65. The van der Waals surface area contributed by atoms with Gasteiger partial charge in [0.1, 0.15) is 5.02 Å². The SMILES string of the molecule is CSc1ncc(Cl)c(Nc2ccc3c(c2)=CC(=O)N=3)n1. The third kappa shape index (κ3) is 2.52. The van der Waals surface area contributed by atoms with Gasteiger partial charge >= 0.3 is 0 Å². The molecule has 1 aliphatic rings. The number of fused-ring (bicyclic) bond motifs is 1. The predicted molar refractivity (Wildman–Crippen MR) is 78.8 cm³/mol. The van der Waals surface area contributed by atoms with E-state index in [4.69, 9.17) is 11.6 Å². The van der Waals surface area contributed by atoms with Gasteiger partial charge in [0.15, 0.2) is 11.0 Å². The number of halogens is 1. The Labute approximate surface area is 123 Å². The summed E-state index contributed by atoms with van der Waals surface area (Å²) in [4.78, 5) is 23.5. The van der Waals surface area contributed by atoms with Gasteiger partial charge in [-0.1, -0.05) is 23.4 Å². The van der Waals surface area contributed by atoms with E-state index in [1.807, 2.05) is 18.4 Å². The highest BCUT2D eigenvalue weighted by molar-refractivity contribution is 7.98. The number of anilines is 2. The molecule has 1 N–H and O–H groups in total. The second-order valence-electron chi connectivity index (χ2n) is 4.05. The van der Waals surface area contributed by atoms with Crippen LogP contribution in [0, 0.1) is 0 Å². The zero-order valence-electron chi connectivity index (χ0n) is 10.4. The Bertz CT molecular complexity index is 822. The van der Waals surface area contributed by atoms with E-state index in [-0.39, 0.29) is 5.91 Å². The number of rotatable bonds is 3. The molecular weight excluding hydrogens is 296 g/mol. The lowest BCUT2D eigenvalue weighted by Crippen LogP contribution is -2.21. The average Bonchev–Trinajstić information content (AvgIpc) is 2.80. The summed E-state index contributed by atoms with van der Waals surface area (Å²) in [7, 11) is 0. The third-order valence-corrected chi connectivity index (χ3v) is 3.54. The summed E-state index contributed by atoms with van der Waals surface area (Å²) in [6, 6.07) is 5.44. The van der Waals surface area contributed by atoms with Crippen LogP contribution in [-0.2, 0) is 4.79 Å². The van der Waals surface area contributed by atoms with Crippen LogP contribution < -0.4 is 15.9 Å². The quantitative estimate of drug-likeness (QED) is 0.688. The van der Waals surface area contributed by atoms with Crippen molar-refractivity contribution in [3.8, 4) is 0 Å². The number of hydrogen-bond acceptors (Lipinski definition) is 5. The summed E-state index contributed by atoms with van der Waals surface area (Å²) in [6.45, 7) is 0. The molecule has 3 rings (SSSR count). The van der Waals surface area contributed by atoms with Crippen molar-refractivity contribution in [3.63, 3.8) is 0 Å². The minimum atomic E-state index is -0.234. The van der Waals surface area contributed by atoms with Crippen molar-refractivity contribution in [3.05, 3.63) is 40.0 Å². The van der Waals surface area contributed by atoms with Crippen LogP contribution in [0.4, 0.5) is 11.5 Å². The van der Waals surface area contributed by atoms with E-state index < -0.39 is 0 Å². The summed E-state index contributed by atoms with van der Waals surface area (Å²) in [6.07, 6.45) is 4.95. The third-order valence-electron chi connectivity index (χ3n) is 2.70. The fourth-order valence-corrected chi connectivity index (χ4v) is 2.29. The molecule has 0 radical (unpaired) electrons. The number of benzene rings is 1. The van der Waals surface area contributed by atoms with Crippen LogP contribution in [0.5, 0.6) is 0 Å². The molecule has 1 aromatic heterocycles. The predicted octanol–water partition coefficient (Wildman–Crippen LogP) is 1.54. The molecular formula is C13H9ClN4OS. The molecule has 5 nitrogen and oxygen atoms in total. The zero-order chi connectivity index (χ0) is 14.1. The van der Waals surface area contributed by atoms with Crippen LogP contribution in [-0.4, -0.2) is 22.1 Å². The molecule has 0 saturated carbocycles. The summed E-state index contributed by atoms with van der Waals surface area (Å²) in [5, 5.41) is 5.66. The van der Waals surface area contributed by atoms with E-state index in [1.54, 1.807) is 12.3 Å². The molecule has 1 amide bonds. The Morgan fingerprint density at radius 1 is 1.35 bits per heavy atom. The van der Waals surface area contributed by atoms with Crippen LogP contribution in [0.1, 0.15) is 0 Å². The standard InChI is InChI=1S/C13H9ClN4OS/c1-20-13-15-6-9(14)12(18-13)16-8-2-3-10-7(4-8)5-11(19)17-10/h2-6H,1H3,(H,15,16,18). The van der Waals surface area contributed by atoms with Crippen molar-refractivity contribution in [2.75, 3.05) is 11.6 Å². The van der Waals surface area contributed by atoms with E-state index >= 15 is 0 Å². The van der Waals surface area contributed by atoms with Gasteiger partial charge in [0.05, 0.1) is 11.6 Å². The molecule has 100 valence electrons. The fourth-order valence-electron chi connectivity index (χ4n) is 1.81. The van der Waals surface area contributed by atoms with Crippen molar-refractivity contribution in [1.82, 2.24) is 9.97 Å². The van der Waals surface area contributed by atoms with Gasteiger partial charge in [-0.15, -0.1) is 0 Å². The molecule has 0 saturated heterocycles. The van der Waals surface area contributed by atoms with Gasteiger partial charge < -0.3 is 5.32 Å². The van der Waals surface area contributed by atoms with Gasteiger partial charge in [0.25, 0.3) is 5.91 Å². The lowest BCUT2D eigenvalue weighted by molar-refractivity contribution is -0.112. The van der Waals surface area contributed by atoms with Crippen molar-refractivity contribution in [1.29, 1.82) is 0 Å². The number of thioether (sulfide) groups is 1. The maximum Gasteiger partial charge on any atom is 0.270 e. The monoisotopic (exact) mass is 304 g/mol. The number of amides is 1. The Hall–Kier alpha value is -1.92. The summed E-state index contributed by atoms with van der Waals surface area (Å²) >= 11 is 7.50. The molecule has 1 aliphatic heterocycles. The normalized spacial score (nSPS) is 12.6. The molecule has 20 heavy (non-hydrogen) atoms. The molecule has 0 bridgehead atoms. The molecule has 2 aromatic rings. The van der Waals surface area contributed by atoms with E-state index in [1.165, 1.54) is 17.8 Å². The van der Waals surface area contributed by atoms with Crippen LogP contribution in [0.15, 0.2) is 34.5 Å². The first-order valence-electron chi connectivity index (χ1n) is 5.74. The van der Waals surface area contributed by atoms with E-state index in [0.717, 1.165) is 10.9 Å². The molecule has 0 aliphatic carbocycles. The van der Waals surface area contributed by atoms with Crippen molar-refractivity contribution < 1.29 is 4.79 Å². The summed E-state index contributed by atoms with van der Waals surface area (Å²) < 4.78 is 0.